The van der Waals surface area contributed by atoms with Crippen LogP contribution in [0.25, 0.3) is 0 Å². The molecule has 2 rings (SSSR count). The molecule has 98 valence electrons. The van der Waals surface area contributed by atoms with Gasteiger partial charge in [0.15, 0.2) is 0 Å². The molecule has 3 nitrogen and oxygen atoms in total. The minimum atomic E-state index is 0.321. The van der Waals surface area contributed by atoms with Gasteiger partial charge in [-0.05, 0) is 45.1 Å². The van der Waals surface area contributed by atoms with Crippen LogP contribution in [0.5, 0.6) is 0 Å². The number of rotatable bonds is 4. The SMILES string of the molecule is CCNC1CCC(NC(=O)C2CCCC2)CC1. The molecule has 2 aliphatic carbocycles. The minimum absolute atomic E-state index is 0.321. The maximum absolute atomic E-state index is 12.0. The zero-order valence-corrected chi connectivity index (χ0v) is 11.0. The molecule has 0 aromatic carbocycles. The monoisotopic (exact) mass is 238 g/mol. The van der Waals surface area contributed by atoms with Crippen molar-refractivity contribution in [1.82, 2.24) is 10.6 Å². The molecule has 0 spiro atoms. The van der Waals surface area contributed by atoms with E-state index in [1.807, 2.05) is 0 Å². The van der Waals surface area contributed by atoms with Crippen LogP contribution in [0.3, 0.4) is 0 Å². The Labute approximate surface area is 105 Å². The van der Waals surface area contributed by atoms with E-state index in [2.05, 4.69) is 17.6 Å². The predicted molar refractivity (Wildman–Crippen MR) is 69.8 cm³/mol. The highest BCUT2D eigenvalue weighted by atomic mass is 16.1. The van der Waals surface area contributed by atoms with Gasteiger partial charge in [-0.1, -0.05) is 19.8 Å². The first-order valence-corrected chi connectivity index (χ1v) is 7.33. The van der Waals surface area contributed by atoms with Crippen LogP contribution in [-0.4, -0.2) is 24.5 Å². The van der Waals surface area contributed by atoms with Crippen LogP contribution < -0.4 is 10.6 Å². The van der Waals surface area contributed by atoms with Gasteiger partial charge < -0.3 is 10.6 Å². The van der Waals surface area contributed by atoms with Gasteiger partial charge in [0.05, 0.1) is 0 Å². The molecule has 1 amide bonds. The van der Waals surface area contributed by atoms with E-state index in [0.717, 1.165) is 32.2 Å². The highest BCUT2D eigenvalue weighted by Crippen LogP contribution is 2.26. The Morgan fingerprint density at radius 3 is 2.18 bits per heavy atom. The summed E-state index contributed by atoms with van der Waals surface area (Å²) in [4.78, 5) is 12.0. The van der Waals surface area contributed by atoms with E-state index in [0.29, 0.717) is 23.9 Å². The molecule has 0 atom stereocenters. The van der Waals surface area contributed by atoms with E-state index >= 15 is 0 Å². The molecule has 0 aliphatic heterocycles. The van der Waals surface area contributed by atoms with Crippen LogP contribution in [0.15, 0.2) is 0 Å². The minimum Gasteiger partial charge on any atom is -0.353 e. The molecule has 0 bridgehead atoms. The van der Waals surface area contributed by atoms with Gasteiger partial charge in [0.25, 0.3) is 0 Å². The molecule has 2 aliphatic rings. The number of nitrogens with one attached hydrogen (secondary N) is 2. The van der Waals surface area contributed by atoms with Crippen molar-refractivity contribution in [2.45, 2.75) is 70.4 Å². The molecule has 0 saturated heterocycles. The first-order chi connectivity index (χ1) is 8.29. The standard InChI is InChI=1S/C14H26N2O/c1-2-15-12-7-9-13(10-8-12)16-14(17)11-5-3-4-6-11/h11-13,15H,2-10H2,1H3,(H,16,17). The van der Waals surface area contributed by atoms with Crippen molar-refractivity contribution >= 4 is 5.91 Å². The summed E-state index contributed by atoms with van der Waals surface area (Å²) in [5.74, 6) is 0.649. The number of carbonyl (C=O) groups is 1. The van der Waals surface area contributed by atoms with Gasteiger partial charge in [-0.2, -0.15) is 0 Å². The highest BCUT2D eigenvalue weighted by molar-refractivity contribution is 5.79. The Balaban J connectivity index is 1.68. The van der Waals surface area contributed by atoms with Crippen LogP contribution in [0, 0.1) is 5.92 Å². The van der Waals surface area contributed by atoms with Gasteiger partial charge in [-0.25, -0.2) is 0 Å². The van der Waals surface area contributed by atoms with Crippen molar-refractivity contribution in [2.75, 3.05) is 6.54 Å². The number of carbonyl (C=O) groups excluding carboxylic acids is 1. The highest BCUT2D eigenvalue weighted by Gasteiger charge is 2.26. The van der Waals surface area contributed by atoms with E-state index in [1.165, 1.54) is 25.7 Å². The lowest BCUT2D eigenvalue weighted by molar-refractivity contribution is -0.125. The number of hydrogen-bond acceptors (Lipinski definition) is 2. The number of amides is 1. The zero-order valence-electron chi connectivity index (χ0n) is 11.0. The Morgan fingerprint density at radius 1 is 1.00 bits per heavy atom. The first-order valence-electron chi connectivity index (χ1n) is 7.33. The average molecular weight is 238 g/mol. The van der Waals surface area contributed by atoms with Crippen LogP contribution in [0.2, 0.25) is 0 Å². The molecule has 0 aromatic rings. The molecular formula is C14H26N2O. The molecule has 2 fully saturated rings. The zero-order chi connectivity index (χ0) is 12.1. The molecule has 3 heteroatoms. The van der Waals surface area contributed by atoms with Crippen molar-refractivity contribution in [3.63, 3.8) is 0 Å². The summed E-state index contributed by atoms with van der Waals surface area (Å²) < 4.78 is 0. The van der Waals surface area contributed by atoms with Crippen LogP contribution >= 0.6 is 0 Å². The summed E-state index contributed by atoms with van der Waals surface area (Å²) >= 11 is 0. The van der Waals surface area contributed by atoms with Crippen molar-refractivity contribution in [1.29, 1.82) is 0 Å². The maximum atomic E-state index is 12.0. The molecule has 17 heavy (non-hydrogen) atoms. The van der Waals surface area contributed by atoms with Gasteiger partial charge >= 0.3 is 0 Å². The second kappa shape index (κ2) is 6.39. The van der Waals surface area contributed by atoms with E-state index < -0.39 is 0 Å². The smallest absolute Gasteiger partial charge is 0.223 e. The molecule has 0 aromatic heterocycles. The molecule has 2 N–H and O–H groups in total. The lowest BCUT2D eigenvalue weighted by Crippen LogP contribution is -2.43. The van der Waals surface area contributed by atoms with Gasteiger partial charge in [-0.15, -0.1) is 0 Å². The fraction of sp³-hybridized carbons (Fsp3) is 0.929. The predicted octanol–water partition coefficient (Wildman–Crippen LogP) is 2.21. The van der Waals surface area contributed by atoms with Crippen LogP contribution in [0.1, 0.15) is 58.3 Å². The second-order valence-electron chi connectivity index (χ2n) is 5.60. The summed E-state index contributed by atoms with van der Waals surface area (Å²) in [6.45, 7) is 3.22. The van der Waals surface area contributed by atoms with Crippen LogP contribution in [0.4, 0.5) is 0 Å². The van der Waals surface area contributed by atoms with E-state index in [9.17, 15) is 4.79 Å². The third-order valence-corrected chi connectivity index (χ3v) is 4.29. The fourth-order valence-corrected chi connectivity index (χ4v) is 3.24. The van der Waals surface area contributed by atoms with Crippen LogP contribution in [-0.2, 0) is 4.79 Å². The lowest BCUT2D eigenvalue weighted by atomic mass is 9.90. The second-order valence-corrected chi connectivity index (χ2v) is 5.60. The Morgan fingerprint density at radius 2 is 1.59 bits per heavy atom. The Kier molecular flexibility index (Phi) is 4.84. The third-order valence-electron chi connectivity index (χ3n) is 4.29. The lowest BCUT2D eigenvalue weighted by Gasteiger charge is -2.30. The van der Waals surface area contributed by atoms with E-state index in [-0.39, 0.29) is 0 Å². The largest absolute Gasteiger partial charge is 0.353 e. The molecule has 0 unspecified atom stereocenters. The quantitative estimate of drug-likeness (QED) is 0.788. The van der Waals surface area contributed by atoms with E-state index in [1.54, 1.807) is 0 Å². The first kappa shape index (κ1) is 12.9. The Hall–Kier alpha value is -0.570. The van der Waals surface area contributed by atoms with Gasteiger partial charge in [-0.3, -0.25) is 4.79 Å². The van der Waals surface area contributed by atoms with Crippen molar-refractivity contribution in [3.8, 4) is 0 Å². The van der Waals surface area contributed by atoms with Crippen molar-refractivity contribution in [3.05, 3.63) is 0 Å². The van der Waals surface area contributed by atoms with E-state index in [4.69, 9.17) is 0 Å². The molecular weight excluding hydrogens is 212 g/mol. The summed E-state index contributed by atoms with van der Waals surface area (Å²) in [6.07, 6.45) is 9.42. The van der Waals surface area contributed by atoms with Crippen molar-refractivity contribution < 1.29 is 4.79 Å². The normalized spacial score (nSPS) is 30.4. The number of hydrogen-bond donors (Lipinski definition) is 2. The van der Waals surface area contributed by atoms with Gasteiger partial charge in [0, 0.05) is 18.0 Å². The topological polar surface area (TPSA) is 41.1 Å². The summed E-state index contributed by atoms with van der Waals surface area (Å²) in [5, 5.41) is 6.76. The maximum Gasteiger partial charge on any atom is 0.223 e. The molecule has 2 saturated carbocycles. The van der Waals surface area contributed by atoms with Crippen molar-refractivity contribution in [2.24, 2.45) is 5.92 Å². The summed E-state index contributed by atoms with van der Waals surface area (Å²) in [6, 6.07) is 1.12. The van der Waals surface area contributed by atoms with Gasteiger partial charge in [0.2, 0.25) is 5.91 Å². The fourth-order valence-electron chi connectivity index (χ4n) is 3.24. The summed E-state index contributed by atoms with van der Waals surface area (Å²) in [5.41, 5.74) is 0. The molecule has 0 heterocycles. The average Bonchev–Trinajstić information content (AvgIpc) is 2.86. The summed E-state index contributed by atoms with van der Waals surface area (Å²) in [7, 11) is 0. The van der Waals surface area contributed by atoms with Gasteiger partial charge in [0.1, 0.15) is 0 Å². The molecule has 0 radical (unpaired) electrons. The Bertz CT molecular complexity index is 241. The third kappa shape index (κ3) is 3.70.